The number of hydrogen-bond donors (Lipinski definition) is 0. The fourth-order valence-corrected chi connectivity index (χ4v) is 6.32. The Labute approximate surface area is 213 Å². The summed E-state index contributed by atoms with van der Waals surface area (Å²) in [6.45, 7) is 0. The number of para-hydroxylation sites is 2. The van der Waals surface area contributed by atoms with Crippen molar-refractivity contribution in [2.24, 2.45) is 0 Å². The summed E-state index contributed by atoms with van der Waals surface area (Å²) in [4.78, 5) is 0. The fourth-order valence-electron chi connectivity index (χ4n) is 5.82. The highest BCUT2D eigenvalue weighted by atomic mass is 79.9. The lowest BCUT2D eigenvalue weighted by molar-refractivity contribution is 0.666. The largest absolute Gasteiger partial charge is 0.454 e. The van der Waals surface area contributed by atoms with Crippen molar-refractivity contribution in [1.82, 2.24) is 4.57 Å². The molecule has 0 atom stereocenters. The second-order valence-corrected chi connectivity index (χ2v) is 10.5. The Kier molecular flexibility index (Phi) is 4.80. The van der Waals surface area contributed by atoms with Gasteiger partial charge in [-0.05, 0) is 17.5 Å². The summed E-state index contributed by atoms with van der Waals surface area (Å²) < 4.78 is 10.2. The minimum atomic E-state index is 0.928. The highest BCUT2D eigenvalue weighted by Crippen LogP contribution is 2.36. The molecule has 6 rings (SSSR count). The van der Waals surface area contributed by atoms with E-state index in [0.29, 0.717) is 0 Å². The highest BCUT2D eigenvalue weighted by molar-refractivity contribution is 9.10. The summed E-state index contributed by atoms with van der Waals surface area (Å²) in [7, 11) is 15.8. The van der Waals surface area contributed by atoms with Gasteiger partial charge >= 0.3 is 0 Å². The molecule has 2 heterocycles. The van der Waals surface area contributed by atoms with Gasteiger partial charge in [-0.1, -0.05) is 79.0 Å². The number of fused-ring (bicyclic) bond motifs is 6. The maximum atomic E-state index is 6.52. The minimum absolute atomic E-state index is 0.928. The van der Waals surface area contributed by atoms with Crippen LogP contribution in [0.25, 0.3) is 49.4 Å². The Hall–Kier alpha value is -2.59. The first-order valence-corrected chi connectivity index (χ1v) is 12.6. The molecule has 0 aliphatic rings. The van der Waals surface area contributed by atoms with E-state index in [0.717, 1.165) is 27.6 Å². The van der Waals surface area contributed by atoms with E-state index < -0.39 is 0 Å². The van der Waals surface area contributed by atoms with Crippen LogP contribution in [0.5, 0.6) is 0 Å². The smallest absolute Gasteiger partial charge is 0.159 e. The zero-order valence-electron chi connectivity index (χ0n) is 20.8. The van der Waals surface area contributed by atoms with Crippen LogP contribution in [0.2, 0.25) is 0 Å². The topological polar surface area (TPSA) is 18.1 Å². The molecule has 0 N–H and O–H groups in total. The van der Waals surface area contributed by atoms with Gasteiger partial charge < -0.3 is 8.98 Å². The SMILES string of the molecule is Bc1c(B)c(B)c2c(c1B)c1c(B)c(Br)c(B)c(B)c1n2-c1cccc2c1oc1ccccc12. The zero-order chi connectivity index (χ0) is 24.0. The monoisotopic (exact) mass is 495 g/mol. The van der Waals surface area contributed by atoms with Crippen LogP contribution >= 0.6 is 15.9 Å². The normalized spacial score (nSPS) is 11.9. The molecule has 0 fully saturated rings. The number of aromatic nitrogens is 1. The molecule has 0 spiro atoms. The highest BCUT2D eigenvalue weighted by Gasteiger charge is 2.25. The van der Waals surface area contributed by atoms with Crippen molar-refractivity contribution >= 4 is 153 Å². The average molecular weight is 495 g/mol. The zero-order valence-corrected chi connectivity index (χ0v) is 22.4. The van der Waals surface area contributed by atoms with Crippen LogP contribution in [0.1, 0.15) is 0 Å². The molecule has 2 aromatic heterocycles. The number of halogens is 1. The third-order valence-electron chi connectivity index (χ3n) is 8.16. The van der Waals surface area contributed by atoms with Crippen molar-refractivity contribution in [3.8, 4) is 5.69 Å². The quantitative estimate of drug-likeness (QED) is 0.210. The minimum Gasteiger partial charge on any atom is -0.454 e. The van der Waals surface area contributed by atoms with Crippen molar-refractivity contribution in [2.45, 2.75) is 0 Å². The third kappa shape index (κ3) is 2.66. The Bertz CT molecular complexity index is 1780. The lowest BCUT2D eigenvalue weighted by Crippen LogP contribution is -2.48. The van der Waals surface area contributed by atoms with Crippen LogP contribution in [-0.2, 0) is 0 Å². The summed E-state index contributed by atoms with van der Waals surface area (Å²) in [6.07, 6.45) is 0. The van der Waals surface area contributed by atoms with E-state index in [1.807, 2.05) is 6.07 Å². The van der Waals surface area contributed by atoms with Gasteiger partial charge in [0, 0.05) is 31.7 Å². The standard InChI is InChI=1S/C24H21B7BrNO/c25-14-12-13-15(26)21(32)18(29)20(31)23(13)33(22(12)19(30)17(28)16(14)27)10-6-3-5-9-8-4-1-2-7-11(8)34-24(9)10/h1-7H,25-31H2. The van der Waals surface area contributed by atoms with Gasteiger partial charge in [0.1, 0.15) is 60.5 Å². The number of hydrogen-bond acceptors (Lipinski definition) is 1. The van der Waals surface area contributed by atoms with E-state index in [4.69, 9.17) is 4.42 Å². The predicted octanol–water partition coefficient (Wildman–Crippen LogP) is -4.75. The molecule has 4 aromatic carbocycles. The van der Waals surface area contributed by atoms with Crippen molar-refractivity contribution in [3.63, 3.8) is 0 Å². The van der Waals surface area contributed by atoms with E-state index in [9.17, 15) is 0 Å². The molecule has 2 nitrogen and oxygen atoms in total. The van der Waals surface area contributed by atoms with Gasteiger partial charge in [-0.3, -0.25) is 0 Å². The third-order valence-corrected chi connectivity index (χ3v) is 9.35. The molecule has 0 aliphatic carbocycles. The predicted molar refractivity (Wildman–Crippen MR) is 173 cm³/mol. The van der Waals surface area contributed by atoms with E-state index >= 15 is 0 Å². The Morgan fingerprint density at radius 3 is 1.91 bits per heavy atom. The van der Waals surface area contributed by atoms with Gasteiger partial charge in [0.2, 0.25) is 0 Å². The molecule has 0 bridgehead atoms. The molecular weight excluding hydrogens is 474 g/mol. The van der Waals surface area contributed by atoms with Crippen LogP contribution in [-0.4, -0.2) is 59.5 Å². The van der Waals surface area contributed by atoms with Gasteiger partial charge in [0.25, 0.3) is 0 Å². The summed E-state index contributed by atoms with van der Waals surface area (Å²) in [5, 5.41) is 5.00. The van der Waals surface area contributed by atoms with Gasteiger partial charge in [0.15, 0.2) is 5.58 Å². The first-order valence-electron chi connectivity index (χ1n) is 11.8. The van der Waals surface area contributed by atoms with Crippen LogP contribution in [0.3, 0.4) is 0 Å². The van der Waals surface area contributed by atoms with Gasteiger partial charge in [-0.2, -0.15) is 0 Å². The molecular formula is C24H21B7BrNO. The summed E-state index contributed by atoms with van der Waals surface area (Å²) in [6, 6.07) is 14.9. The summed E-state index contributed by atoms with van der Waals surface area (Å²) in [5.74, 6) is 0. The van der Waals surface area contributed by atoms with Crippen molar-refractivity contribution in [2.75, 3.05) is 0 Å². The maximum absolute atomic E-state index is 6.52. The molecule has 0 saturated heterocycles. The average Bonchev–Trinajstić information content (AvgIpc) is 3.40. The fraction of sp³-hybridized carbons (Fsp3) is 0. The lowest BCUT2D eigenvalue weighted by Gasteiger charge is -2.16. The first kappa shape index (κ1) is 21.9. The van der Waals surface area contributed by atoms with Crippen LogP contribution in [0.4, 0.5) is 0 Å². The number of furan rings is 1. The van der Waals surface area contributed by atoms with E-state index in [-0.39, 0.29) is 0 Å². The Morgan fingerprint density at radius 2 is 1.18 bits per heavy atom. The number of nitrogens with zero attached hydrogens (tertiary/aromatic N) is 1. The van der Waals surface area contributed by atoms with E-state index in [1.165, 1.54) is 64.5 Å². The number of benzene rings is 4. The van der Waals surface area contributed by atoms with Crippen molar-refractivity contribution < 1.29 is 4.42 Å². The van der Waals surface area contributed by atoms with E-state index in [1.54, 1.807) is 0 Å². The van der Waals surface area contributed by atoms with Crippen LogP contribution in [0.15, 0.2) is 51.4 Å². The molecule has 0 aliphatic heterocycles. The molecule has 0 amide bonds. The van der Waals surface area contributed by atoms with E-state index in [2.05, 4.69) is 112 Å². The second kappa shape index (κ2) is 7.45. The van der Waals surface area contributed by atoms with Crippen LogP contribution in [0, 0.1) is 0 Å². The molecule has 156 valence electrons. The second-order valence-electron chi connectivity index (χ2n) is 9.72. The lowest BCUT2D eigenvalue weighted by atomic mass is 9.65. The molecule has 6 aromatic rings. The molecule has 10 heteroatoms. The molecule has 0 saturated carbocycles. The Balaban J connectivity index is 1.96. The van der Waals surface area contributed by atoms with Gasteiger partial charge in [-0.25, -0.2) is 0 Å². The number of rotatable bonds is 1. The molecule has 0 radical (unpaired) electrons. The first-order chi connectivity index (χ1) is 16.2. The van der Waals surface area contributed by atoms with Gasteiger partial charge in [-0.15, -0.1) is 5.46 Å². The van der Waals surface area contributed by atoms with Crippen LogP contribution < -0.4 is 38.2 Å². The van der Waals surface area contributed by atoms with Crippen molar-refractivity contribution in [1.29, 1.82) is 0 Å². The Morgan fingerprint density at radius 1 is 0.588 bits per heavy atom. The van der Waals surface area contributed by atoms with Gasteiger partial charge in [0.05, 0.1) is 5.69 Å². The summed E-state index contributed by atoms with van der Waals surface area (Å²) >= 11 is 3.91. The molecule has 0 unspecified atom stereocenters. The maximum Gasteiger partial charge on any atom is 0.159 e. The summed E-state index contributed by atoms with van der Waals surface area (Å²) in [5.41, 5.74) is 14.8. The van der Waals surface area contributed by atoms with Crippen molar-refractivity contribution in [3.05, 3.63) is 46.9 Å². The molecule has 34 heavy (non-hydrogen) atoms.